The third-order valence-corrected chi connectivity index (χ3v) is 3.73. The lowest BCUT2D eigenvalue weighted by Gasteiger charge is -2.14. The molecule has 0 atom stereocenters. The molecular formula is C21H37N3O3. The first-order valence-corrected chi connectivity index (χ1v) is 10.0. The lowest BCUT2D eigenvalue weighted by Crippen LogP contribution is -2.38. The summed E-state index contributed by atoms with van der Waals surface area (Å²) in [5.74, 6) is 1.68. The summed E-state index contributed by atoms with van der Waals surface area (Å²) < 4.78 is 16.8. The maximum Gasteiger partial charge on any atom is 0.191 e. The number of benzene rings is 1. The molecule has 0 aliphatic heterocycles. The Morgan fingerprint density at radius 1 is 1.11 bits per heavy atom. The third-order valence-electron chi connectivity index (χ3n) is 3.73. The number of guanidine groups is 1. The van der Waals surface area contributed by atoms with E-state index in [1.807, 2.05) is 6.92 Å². The van der Waals surface area contributed by atoms with E-state index in [1.54, 1.807) is 0 Å². The fourth-order valence-electron chi connectivity index (χ4n) is 2.39. The first kappa shape index (κ1) is 23.2. The predicted molar refractivity (Wildman–Crippen MR) is 112 cm³/mol. The highest BCUT2D eigenvalue weighted by atomic mass is 16.5. The first-order chi connectivity index (χ1) is 13.1. The minimum Gasteiger partial charge on any atom is -0.491 e. The third kappa shape index (κ3) is 10.8. The van der Waals surface area contributed by atoms with Crippen LogP contribution >= 0.6 is 0 Å². The van der Waals surface area contributed by atoms with Crippen molar-refractivity contribution in [3.05, 3.63) is 29.3 Å². The van der Waals surface area contributed by atoms with Crippen molar-refractivity contribution in [1.82, 2.24) is 10.6 Å². The Bertz CT molecular complexity index is 547. The van der Waals surface area contributed by atoms with Crippen LogP contribution in [-0.2, 0) is 16.0 Å². The summed E-state index contributed by atoms with van der Waals surface area (Å²) in [5, 5.41) is 6.63. The van der Waals surface area contributed by atoms with Crippen LogP contribution in [0, 0.1) is 6.92 Å². The van der Waals surface area contributed by atoms with Gasteiger partial charge in [-0.3, -0.25) is 0 Å². The predicted octanol–water partition coefficient (Wildman–Crippen LogP) is 3.28. The average molecular weight is 380 g/mol. The van der Waals surface area contributed by atoms with Crippen molar-refractivity contribution < 1.29 is 14.2 Å². The molecule has 27 heavy (non-hydrogen) atoms. The normalized spacial score (nSPS) is 11.7. The van der Waals surface area contributed by atoms with E-state index in [2.05, 4.69) is 56.5 Å². The topological polar surface area (TPSA) is 64.1 Å². The van der Waals surface area contributed by atoms with Gasteiger partial charge in [0.25, 0.3) is 0 Å². The van der Waals surface area contributed by atoms with Gasteiger partial charge < -0.3 is 24.8 Å². The molecule has 0 heterocycles. The second kappa shape index (κ2) is 14.3. The average Bonchev–Trinajstić information content (AvgIpc) is 2.63. The Morgan fingerprint density at radius 3 is 2.63 bits per heavy atom. The highest BCUT2D eigenvalue weighted by Crippen LogP contribution is 2.21. The zero-order valence-corrected chi connectivity index (χ0v) is 17.6. The molecule has 2 N–H and O–H groups in total. The quantitative estimate of drug-likeness (QED) is 0.313. The number of aliphatic imine (C=N–C) groups is 1. The molecule has 0 amide bonds. The van der Waals surface area contributed by atoms with Crippen molar-refractivity contribution in [2.24, 2.45) is 4.99 Å². The Balaban J connectivity index is 2.60. The van der Waals surface area contributed by atoms with E-state index in [-0.39, 0.29) is 6.10 Å². The summed E-state index contributed by atoms with van der Waals surface area (Å²) >= 11 is 0. The maximum atomic E-state index is 5.90. The van der Waals surface area contributed by atoms with Gasteiger partial charge in [0.05, 0.1) is 19.3 Å². The molecule has 0 saturated heterocycles. The largest absolute Gasteiger partial charge is 0.491 e. The van der Waals surface area contributed by atoms with Gasteiger partial charge in [0, 0.05) is 31.9 Å². The standard InChI is InChI=1S/C21H37N3O3/c1-6-22-21(23-11-8-12-26-17(3)4)24-16-19-10-9-18(5)15-20(19)27-14-13-25-7-2/h9-10,15,17H,6-8,11-14,16H2,1-5H3,(H2,22,23,24). The molecular weight excluding hydrogens is 342 g/mol. The molecule has 1 rings (SSSR count). The summed E-state index contributed by atoms with van der Waals surface area (Å²) in [6, 6.07) is 6.22. The van der Waals surface area contributed by atoms with Gasteiger partial charge in [-0.2, -0.15) is 0 Å². The first-order valence-electron chi connectivity index (χ1n) is 10.0. The fourth-order valence-corrected chi connectivity index (χ4v) is 2.39. The number of hydrogen-bond acceptors (Lipinski definition) is 4. The van der Waals surface area contributed by atoms with Crippen LogP contribution in [0.1, 0.15) is 45.2 Å². The lowest BCUT2D eigenvalue weighted by molar-refractivity contribution is 0.0776. The zero-order chi connectivity index (χ0) is 19.9. The second-order valence-corrected chi connectivity index (χ2v) is 6.55. The molecule has 0 aliphatic rings. The van der Waals surface area contributed by atoms with Gasteiger partial charge in [-0.15, -0.1) is 0 Å². The molecule has 0 radical (unpaired) electrons. The Kier molecular flexibility index (Phi) is 12.3. The number of rotatable bonds is 13. The van der Waals surface area contributed by atoms with Gasteiger partial charge in [0.1, 0.15) is 12.4 Å². The molecule has 0 unspecified atom stereocenters. The van der Waals surface area contributed by atoms with Gasteiger partial charge in [-0.05, 0) is 52.7 Å². The number of ether oxygens (including phenoxy) is 3. The molecule has 0 bridgehead atoms. The Morgan fingerprint density at radius 2 is 1.93 bits per heavy atom. The van der Waals surface area contributed by atoms with Crippen LogP contribution in [0.3, 0.4) is 0 Å². The van der Waals surface area contributed by atoms with Crippen molar-refractivity contribution in [2.75, 3.05) is 39.5 Å². The smallest absolute Gasteiger partial charge is 0.191 e. The molecule has 0 aliphatic carbocycles. The molecule has 0 fully saturated rings. The summed E-state index contributed by atoms with van der Waals surface area (Å²) in [7, 11) is 0. The number of nitrogens with one attached hydrogen (secondary N) is 2. The van der Waals surface area contributed by atoms with Gasteiger partial charge in [-0.1, -0.05) is 12.1 Å². The number of nitrogens with zero attached hydrogens (tertiary/aromatic N) is 1. The van der Waals surface area contributed by atoms with Crippen LogP contribution < -0.4 is 15.4 Å². The van der Waals surface area contributed by atoms with Crippen LogP contribution in [0.5, 0.6) is 5.75 Å². The second-order valence-electron chi connectivity index (χ2n) is 6.55. The summed E-state index contributed by atoms with van der Waals surface area (Å²) in [6.07, 6.45) is 1.22. The van der Waals surface area contributed by atoms with Gasteiger partial charge in [-0.25, -0.2) is 4.99 Å². The van der Waals surface area contributed by atoms with Crippen LogP contribution in [0.15, 0.2) is 23.2 Å². The molecule has 1 aromatic rings. The maximum absolute atomic E-state index is 5.90. The van der Waals surface area contributed by atoms with Crippen LogP contribution in [0.4, 0.5) is 0 Å². The van der Waals surface area contributed by atoms with Gasteiger partial charge >= 0.3 is 0 Å². The van der Waals surface area contributed by atoms with Gasteiger partial charge in [0.15, 0.2) is 5.96 Å². The van der Waals surface area contributed by atoms with Crippen LogP contribution in [-0.4, -0.2) is 51.6 Å². The number of hydrogen-bond donors (Lipinski definition) is 2. The molecule has 0 aromatic heterocycles. The molecule has 6 nitrogen and oxygen atoms in total. The highest BCUT2D eigenvalue weighted by Gasteiger charge is 2.05. The van der Waals surface area contributed by atoms with Crippen molar-refractivity contribution in [3.63, 3.8) is 0 Å². The minimum atomic E-state index is 0.273. The van der Waals surface area contributed by atoms with E-state index < -0.39 is 0 Å². The van der Waals surface area contributed by atoms with E-state index in [0.717, 1.165) is 43.4 Å². The summed E-state index contributed by atoms with van der Waals surface area (Å²) in [4.78, 5) is 4.69. The lowest BCUT2D eigenvalue weighted by atomic mass is 10.1. The van der Waals surface area contributed by atoms with E-state index in [9.17, 15) is 0 Å². The number of aryl methyl sites for hydroxylation is 1. The molecule has 0 spiro atoms. The summed E-state index contributed by atoms with van der Waals surface area (Å²) in [6.45, 7) is 15.0. The molecule has 154 valence electrons. The van der Waals surface area contributed by atoms with Gasteiger partial charge in [0.2, 0.25) is 0 Å². The molecule has 1 aromatic carbocycles. The molecule has 6 heteroatoms. The SMILES string of the molecule is CCNC(=NCc1ccc(C)cc1OCCOCC)NCCCOC(C)C. The summed E-state index contributed by atoms with van der Waals surface area (Å²) in [5.41, 5.74) is 2.24. The minimum absolute atomic E-state index is 0.273. The highest BCUT2D eigenvalue weighted by molar-refractivity contribution is 5.79. The van der Waals surface area contributed by atoms with Crippen LogP contribution in [0.25, 0.3) is 0 Å². The van der Waals surface area contributed by atoms with E-state index in [1.165, 1.54) is 5.56 Å². The fraction of sp³-hybridized carbons (Fsp3) is 0.667. The Hall–Kier alpha value is -1.79. The van der Waals surface area contributed by atoms with Crippen molar-refractivity contribution in [1.29, 1.82) is 0 Å². The van der Waals surface area contributed by atoms with E-state index in [4.69, 9.17) is 19.2 Å². The van der Waals surface area contributed by atoms with E-state index >= 15 is 0 Å². The molecule has 0 saturated carbocycles. The van der Waals surface area contributed by atoms with Crippen molar-refractivity contribution >= 4 is 5.96 Å². The monoisotopic (exact) mass is 379 g/mol. The van der Waals surface area contributed by atoms with Crippen molar-refractivity contribution in [3.8, 4) is 5.75 Å². The van der Waals surface area contributed by atoms with Crippen molar-refractivity contribution in [2.45, 2.75) is 53.7 Å². The Labute approximate surface area is 164 Å². The zero-order valence-electron chi connectivity index (χ0n) is 17.6. The van der Waals surface area contributed by atoms with E-state index in [0.29, 0.717) is 26.4 Å². The van der Waals surface area contributed by atoms with Crippen LogP contribution in [0.2, 0.25) is 0 Å².